The van der Waals surface area contributed by atoms with Crippen LogP contribution in [-0.4, -0.2) is 39.1 Å². The van der Waals surface area contributed by atoms with Crippen LogP contribution in [0.5, 0.6) is 0 Å². The molecule has 100 valence electrons. The molecule has 1 N–H and O–H groups in total. The Morgan fingerprint density at radius 1 is 1.50 bits per heavy atom. The van der Waals surface area contributed by atoms with E-state index in [1.54, 1.807) is 12.4 Å². The predicted octanol–water partition coefficient (Wildman–Crippen LogP) is 2.68. The van der Waals surface area contributed by atoms with Crippen LogP contribution in [0.1, 0.15) is 39.0 Å². The van der Waals surface area contributed by atoms with Crippen LogP contribution < -0.4 is 0 Å². The third-order valence-electron chi connectivity index (χ3n) is 3.58. The highest BCUT2D eigenvalue weighted by Crippen LogP contribution is 2.25. The summed E-state index contributed by atoms with van der Waals surface area (Å²) < 4.78 is 0. The summed E-state index contributed by atoms with van der Waals surface area (Å²) in [6.45, 7) is 1.95. The number of nitrogens with one attached hydrogen (secondary N) is 1. The minimum atomic E-state index is -0.0805. The fourth-order valence-corrected chi connectivity index (χ4v) is 3.33. The first-order valence-corrected chi connectivity index (χ1v) is 7.49. The number of hydrogen-bond donors (Lipinski definition) is 1. The predicted molar refractivity (Wildman–Crippen MR) is 73.5 cm³/mol. The Hall–Kier alpha value is -0.970. The van der Waals surface area contributed by atoms with E-state index in [4.69, 9.17) is 0 Å². The molecule has 5 heteroatoms. The minimum Gasteiger partial charge on any atom is -0.342 e. The lowest BCUT2D eigenvalue weighted by molar-refractivity contribution is -0.131. The van der Waals surface area contributed by atoms with Crippen molar-refractivity contribution in [1.29, 1.82) is 0 Å². The molecule has 1 aromatic rings. The zero-order chi connectivity index (χ0) is 13.0. The Morgan fingerprint density at radius 2 is 2.22 bits per heavy atom. The average molecular weight is 267 g/mol. The summed E-state index contributed by atoms with van der Waals surface area (Å²) >= 11 is 1.49. The number of carbonyl (C=O) groups is 1. The maximum Gasteiger partial charge on any atom is 0.235 e. The van der Waals surface area contributed by atoms with Crippen molar-refractivity contribution < 1.29 is 4.79 Å². The summed E-state index contributed by atoms with van der Waals surface area (Å²) in [5.74, 6) is 0.211. The van der Waals surface area contributed by atoms with Gasteiger partial charge in [0.1, 0.15) is 0 Å². The Balaban J connectivity index is 1.88. The van der Waals surface area contributed by atoms with Crippen LogP contribution in [0, 0.1) is 0 Å². The number of amides is 1. The van der Waals surface area contributed by atoms with Gasteiger partial charge in [-0.2, -0.15) is 0 Å². The van der Waals surface area contributed by atoms with Crippen molar-refractivity contribution >= 4 is 17.7 Å². The van der Waals surface area contributed by atoms with Gasteiger partial charge >= 0.3 is 0 Å². The number of thioether (sulfide) groups is 1. The molecule has 1 aliphatic rings. The van der Waals surface area contributed by atoms with Gasteiger partial charge in [0.05, 0.1) is 5.25 Å². The van der Waals surface area contributed by atoms with E-state index in [2.05, 4.69) is 9.97 Å². The lowest BCUT2D eigenvalue weighted by Gasteiger charge is -2.32. The van der Waals surface area contributed by atoms with E-state index in [1.165, 1.54) is 31.0 Å². The Bertz CT molecular complexity index is 374. The number of hydrogen-bond acceptors (Lipinski definition) is 3. The van der Waals surface area contributed by atoms with Crippen LogP contribution in [0.3, 0.4) is 0 Å². The molecule has 1 aliphatic carbocycles. The van der Waals surface area contributed by atoms with Crippen LogP contribution in [-0.2, 0) is 4.79 Å². The van der Waals surface area contributed by atoms with Gasteiger partial charge in [0.2, 0.25) is 5.91 Å². The molecule has 0 aromatic carbocycles. The lowest BCUT2D eigenvalue weighted by Crippen LogP contribution is -2.42. The third kappa shape index (κ3) is 3.28. The van der Waals surface area contributed by atoms with Gasteiger partial charge < -0.3 is 9.88 Å². The number of aromatic nitrogens is 2. The molecular weight excluding hydrogens is 246 g/mol. The van der Waals surface area contributed by atoms with Gasteiger partial charge in [0, 0.05) is 25.5 Å². The first kappa shape index (κ1) is 13.5. The van der Waals surface area contributed by atoms with Crippen LogP contribution in [0.15, 0.2) is 17.6 Å². The molecule has 1 fully saturated rings. The molecule has 0 bridgehead atoms. The van der Waals surface area contributed by atoms with Gasteiger partial charge in [-0.05, 0) is 19.8 Å². The molecule has 0 unspecified atom stereocenters. The fourth-order valence-electron chi connectivity index (χ4n) is 2.47. The molecule has 4 nitrogen and oxygen atoms in total. The molecule has 0 radical (unpaired) electrons. The first-order chi connectivity index (χ1) is 8.68. The van der Waals surface area contributed by atoms with Crippen molar-refractivity contribution in [2.75, 3.05) is 7.05 Å². The first-order valence-electron chi connectivity index (χ1n) is 6.61. The Morgan fingerprint density at radius 3 is 2.83 bits per heavy atom. The number of nitrogens with zero attached hydrogens (tertiary/aromatic N) is 2. The molecule has 1 atom stereocenters. The molecule has 1 amide bonds. The molecule has 1 saturated carbocycles. The van der Waals surface area contributed by atoms with Gasteiger partial charge in [0.25, 0.3) is 0 Å². The monoisotopic (exact) mass is 267 g/mol. The highest BCUT2D eigenvalue weighted by atomic mass is 32.2. The van der Waals surface area contributed by atoms with Crippen LogP contribution in [0.4, 0.5) is 0 Å². The second-order valence-electron chi connectivity index (χ2n) is 4.90. The third-order valence-corrected chi connectivity index (χ3v) is 4.58. The molecule has 0 aliphatic heterocycles. The van der Waals surface area contributed by atoms with Crippen LogP contribution in [0.25, 0.3) is 0 Å². The van der Waals surface area contributed by atoms with E-state index in [0.717, 1.165) is 18.0 Å². The maximum atomic E-state index is 12.3. The van der Waals surface area contributed by atoms with Crippen molar-refractivity contribution in [3.05, 3.63) is 12.4 Å². The second kappa shape index (κ2) is 6.27. The van der Waals surface area contributed by atoms with Crippen molar-refractivity contribution in [3.63, 3.8) is 0 Å². The summed E-state index contributed by atoms with van der Waals surface area (Å²) in [6.07, 6.45) is 9.62. The lowest BCUT2D eigenvalue weighted by atomic mass is 9.94. The molecule has 0 spiro atoms. The number of imidazole rings is 1. The van der Waals surface area contributed by atoms with Crippen molar-refractivity contribution in [1.82, 2.24) is 14.9 Å². The summed E-state index contributed by atoms with van der Waals surface area (Å²) in [4.78, 5) is 21.4. The largest absolute Gasteiger partial charge is 0.342 e. The number of carbonyl (C=O) groups excluding carboxylic acids is 1. The normalized spacial score (nSPS) is 18.6. The molecule has 2 rings (SSSR count). The average Bonchev–Trinajstić information content (AvgIpc) is 2.91. The van der Waals surface area contributed by atoms with E-state index in [-0.39, 0.29) is 11.2 Å². The zero-order valence-electron chi connectivity index (χ0n) is 11.1. The Labute approximate surface area is 113 Å². The summed E-state index contributed by atoms with van der Waals surface area (Å²) in [5, 5.41) is 0.732. The van der Waals surface area contributed by atoms with Crippen molar-refractivity contribution in [2.45, 2.75) is 55.5 Å². The Kier molecular flexibility index (Phi) is 4.69. The number of H-pyrrole nitrogens is 1. The smallest absolute Gasteiger partial charge is 0.235 e. The summed E-state index contributed by atoms with van der Waals surface area (Å²) in [5.41, 5.74) is 0. The van der Waals surface area contributed by atoms with Gasteiger partial charge in [-0.25, -0.2) is 4.98 Å². The second-order valence-corrected chi connectivity index (χ2v) is 6.22. The minimum absolute atomic E-state index is 0.0805. The zero-order valence-corrected chi connectivity index (χ0v) is 11.9. The van der Waals surface area contributed by atoms with Crippen LogP contribution in [0.2, 0.25) is 0 Å². The van der Waals surface area contributed by atoms with Crippen LogP contribution >= 0.6 is 11.8 Å². The fraction of sp³-hybridized carbons (Fsp3) is 0.692. The molecular formula is C13H21N3OS. The van der Waals surface area contributed by atoms with Gasteiger partial charge in [-0.1, -0.05) is 31.0 Å². The van der Waals surface area contributed by atoms with Crippen molar-refractivity contribution in [3.8, 4) is 0 Å². The molecule has 18 heavy (non-hydrogen) atoms. The van der Waals surface area contributed by atoms with Crippen molar-refractivity contribution in [2.24, 2.45) is 0 Å². The molecule has 1 heterocycles. The standard InChI is InChI=1S/C13H21N3OS/c1-10(18-13-14-8-9-15-13)12(17)16(2)11-6-4-3-5-7-11/h8-11H,3-7H2,1-2H3,(H,14,15)/t10-/m0/s1. The maximum absolute atomic E-state index is 12.3. The van der Waals surface area contributed by atoms with E-state index in [1.807, 2.05) is 18.9 Å². The topological polar surface area (TPSA) is 49.0 Å². The van der Waals surface area contributed by atoms with E-state index in [0.29, 0.717) is 6.04 Å². The van der Waals surface area contributed by atoms with E-state index < -0.39 is 0 Å². The number of aromatic amines is 1. The van der Waals surface area contributed by atoms with E-state index >= 15 is 0 Å². The van der Waals surface area contributed by atoms with Gasteiger partial charge in [0.15, 0.2) is 5.16 Å². The van der Waals surface area contributed by atoms with Gasteiger partial charge in [-0.15, -0.1) is 0 Å². The molecule has 0 saturated heterocycles. The highest BCUT2D eigenvalue weighted by Gasteiger charge is 2.26. The quantitative estimate of drug-likeness (QED) is 0.853. The number of rotatable bonds is 4. The van der Waals surface area contributed by atoms with Gasteiger partial charge in [-0.3, -0.25) is 4.79 Å². The molecule has 1 aromatic heterocycles. The summed E-state index contributed by atoms with van der Waals surface area (Å²) in [7, 11) is 1.94. The van der Waals surface area contributed by atoms with E-state index in [9.17, 15) is 4.79 Å². The SMILES string of the molecule is C[C@H](Sc1ncc[nH]1)C(=O)N(C)C1CCCCC1. The summed E-state index contributed by atoms with van der Waals surface area (Å²) in [6, 6.07) is 0.436. The highest BCUT2D eigenvalue weighted by molar-refractivity contribution is 8.00.